The molecule has 0 spiro atoms. The predicted molar refractivity (Wildman–Crippen MR) is 86.9 cm³/mol. The number of carbonyl (C=O) groups is 1. The van der Waals surface area contributed by atoms with Crippen molar-refractivity contribution >= 4 is 5.97 Å². The quantitative estimate of drug-likeness (QED) is 0.943. The molecular formula is C17H22N4O2. The van der Waals surface area contributed by atoms with Gasteiger partial charge in [0.25, 0.3) is 0 Å². The number of carboxylic acid groups (broad SMARTS) is 1. The fourth-order valence-corrected chi connectivity index (χ4v) is 3.19. The van der Waals surface area contributed by atoms with E-state index in [0.717, 1.165) is 24.5 Å². The highest BCUT2D eigenvalue weighted by Crippen LogP contribution is 2.29. The van der Waals surface area contributed by atoms with Crippen LogP contribution in [0.2, 0.25) is 0 Å². The minimum Gasteiger partial charge on any atom is -0.478 e. The summed E-state index contributed by atoms with van der Waals surface area (Å²) in [6, 6.07) is 7.08. The van der Waals surface area contributed by atoms with E-state index in [-0.39, 0.29) is 11.6 Å². The van der Waals surface area contributed by atoms with E-state index in [2.05, 4.69) is 22.0 Å². The summed E-state index contributed by atoms with van der Waals surface area (Å²) in [5.74, 6) is 0.671. The van der Waals surface area contributed by atoms with Gasteiger partial charge in [-0.25, -0.2) is 14.5 Å². The van der Waals surface area contributed by atoms with Crippen LogP contribution in [0, 0.1) is 6.92 Å². The molecule has 1 fully saturated rings. The monoisotopic (exact) mass is 314 g/mol. The molecule has 1 saturated heterocycles. The zero-order valence-corrected chi connectivity index (χ0v) is 13.6. The van der Waals surface area contributed by atoms with E-state index in [9.17, 15) is 9.90 Å². The van der Waals surface area contributed by atoms with Gasteiger partial charge in [-0.2, -0.15) is 5.10 Å². The van der Waals surface area contributed by atoms with Gasteiger partial charge in [0, 0.05) is 0 Å². The van der Waals surface area contributed by atoms with Gasteiger partial charge in [-0.3, -0.25) is 4.90 Å². The Morgan fingerprint density at radius 2 is 2.13 bits per heavy atom. The van der Waals surface area contributed by atoms with E-state index >= 15 is 0 Å². The normalized spacial score (nSPS) is 19.5. The zero-order valence-electron chi connectivity index (χ0n) is 13.6. The summed E-state index contributed by atoms with van der Waals surface area (Å²) in [6.07, 6.45) is 4.67. The van der Waals surface area contributed by atoms with Gasteiger partial charge >= 0.3 is 5.97 Å². The molecule has 3 rings (SSSR count). The first-order chi connectivity index (χ1) is 11.1. The first kappa shape index (κ1) is 15.7. The Morgan fingerprint density at radius 3 is 2.91 bits per heavy atom. The molecule has 1 aliphatic heterocycles. The number of hydrogen-bond acceptors (Lipinski definition) is 4. The minimum absolute atomic E-state index is 0.215. The molecule has 1 aromatic carbocycles. The lowest BCUT2D eigenvalue weighted by atomic mass is 10.1. The van der Waals surface area contributed by atoms with Crippen LogP contribution in [0.1, 0.15) is 53.7 Å². The number of aryl methyl sites for hydroxylation is 1. The Hall–Kier alpha value is -2.21. The van der Waals surface area contributed by atoms with Crippen molar-refractivity contribution in [3.8, 4) is 5.69 Å². The molecule has 0 bridgehead atoms. The minimum atomic E-state index is -0.933. The lowest BCUT2D eigenvalue weighted by molar-refractivity contribution is 0.0697. The largest absolute Gasteiger partial charge is 0.478 e. The smallest absolute Gasteiger partial charge is 0.335 e. The molecule has 0 aliphatic carbocycles. The summed E-state index contributed by atoms with van der Waals surface area (Å²) in [7, 11) is 2.12. The summed E-state index contributed by atoms with van der Waals surface area (Å²) in [6.45, 7) is 2.92. The molecule has 1 aromatic heterocycles. The van der Waals surface area contributed by atoms with Gasteiger partial charge in [-0.1, -0.05) is 18.9 Å². The van der Waals surface area contributed by atoms with Gasteiger partial charge in [0.2, 0.25) is 0 Å². The van der Waals surface area contributed by atoms with Gasteiger partial charge < -0.3 is 5.11 Å². The first-order valence-corrected chi connectivity index (χ1v) is 8.04. The summed E-state index contributed by atoms with van der Waals surface area (Å²) in [5.41, 5.74) is 1.01. The molecule has 23 heavy (non-hydrogen) atoms. The third-order valence-electron chi connectivity index (χ3n) is 4.39. The Morgan fingerprint density at radius 1 is 1.30 bits per heavy atom. The molecule has 1 atom stereocenters. The standard InChI is InChI=1S/C17H22N4O2/c1-12-18-16(15-9-4-3-5-10-20(15)2)21(19-12)14-8-6-7-13(11-14)17(22)23/h6-8,11,15H,3-5,9-10H2,1-2H3,(H,22,23). The Labute approximate surface area is 135 Å². The zero-order chi connectivity index (χ0) is 16.4. The second-order valence-electron chi connectivity index (χ2n) is 6.13. The van der Waals surface area contributed by atoms with E-state index in [1.165, 1.54) is 19.3 Å². The van der Waals surface area contributed by atoms with Gasteiger partial charge in [0.15, 0.2) is 0 Å². The molecule has 0 amide bonds. The van der Waals surface area contributed by atoms with Crippen molar-refractivity contribution in [3.63, 3.8) is 0 Å². The topological polar surface area (TPSA) is 71.2 Å². The van der Waals surface area contributed by atoms with E-state index in [0.29, 0.717) is 5.82 Å². The van der Waals surface area contributed by atoms with Crippen molar-refractivity contribution in [2.45, 2.75) is 38.6 Å². The Kier molecular flexibility index (Phi) is 4.43. The second-order valence-corrected chi connectivity index (χ2v) is 6.13. The van der Waals surface area contributed by atoms with Crippen LogP contribution in [0.3, 0.4) is 0 Å². The van der Waals surface area contributed by atoms with Crippen molar-refractivity contribution in [2.75, 3.05) is 13.6 Å². The third-order valence-corrected chi connectivity index (χ3v) is 4.39. The summed E-state index contributed by atoms with van der Waals surface area (Å²) in [4.78, 5) is 18.2. The highest BCUT2D eigenvalue weighted by atomic mass is 16.4. The maximum absolute atomic E-state index is 11.2. The SMILES string of the molecule is Cc1nc(C2CCCCCN2C)n(-c2cccc(C(=O)O)c2)n1. The van der Waals surface area contributed by atoms with Crippen LogP contribution in [0.15, 0.2) is 24.3 Å². The Bertz CT molecular complexity index is 710. The van der Waals surface area contributed by atoms with E-state index in [1.807, 2.05) is 13.0 Å². The van der Waals surface area contributed by atoms with Crippen LogP contribution in [-0.2, 0) is 0 Å². The van der Waals surface area contributed by atoms with Crippen LogP contribution in [0.5, 0.6) is 0 Å². The molecule has 6 heteroatoms. The van der Waals surface area contributed by atoms with Gasteiger partial charge in [-0.05, 0) is 51.6 Å². The number of hydrogen-bond donors (Lipinski definition) is 1. The molecule has 0 radical (unpaired) electrons. The predicted octanol–water partition coefficient (Wildman–Crippen LogP) is 2.82. The maximum Gasteiger partial charge on any atom is 0.335 e. The Balaban J connectivity index is 2.03. The number of aromatic nitrogens is 3. The van der Waals surface area contributed by atoms with Crippen LogP contribution >= 0.6 is 0 Å². The van der Waals surface area contributed by atoms with E-state index in [1.54, 1.807) is 22.9 Å². The lowest BCUT2D eigenvalue weighted by Crippen LogP contribution is -2.26. The maximum atomic E-state index is 11.2. The summed E-state index contributed by atoms with van der Waals surface area (Å²) < 4.78 is 1.80. The number of likely N-dealkylation sites (tertiary alicyclic amines) is 1. The third kappa shape index (κ3) is 3.27. The van der Waals surface area contributed by atoms with Crippen molar-refractivity contribution < 1.29 is 9.90 Å². The van der Waals surface area contributed by atoms with Crippen LogP contribution < -0.4 is 0 Å². The van der Waals surface area contributed by atoms with Crippen LogP contribution in [0.25, 0.3) is 5.69 Å². The van der Waals surface area contributed by atoms with E-state index < -0.39 is 5.97 Å². The number of carboxylic acids is 1. The molecule has 0 saturated carbocycles. The number of rotatable bonds is 3. The second kappa shape index (κ2) is 6.50. The molecule has 122 valence electrons. The van der Waals surface area contributed by atoms with Crippen molar-refractivity contribution in [1.29, 1.82) is 0 Å². The molecular weight excluding hydrogens is 292 g/mol. The molecule has 2 aromatic rings. The fourth-order valence-electron chi connectivity index (χ4n) is 3.19. The molecule has 1 unspecified atom stereocenters. The molecule has 1 N–H and O–H groups in total. The van der Waals surface area contributed by atoms with Crippen molar-refractivity contribution in [2.24, 2.45) is 0 Å². The highest BCUT2D eigenvalue weighted by Gasteiger charge is 2.25. The first-order valence-electron chi connectivity index (χ1n) is 8.04. The van der Waals surface area contributed by atoms with Gasteiger partial charge in [0.1, 0.15) is 11.6 Å². The number of nitrogens with zero attached hydrogens (tertiary/aromatic N) is 4. The summed E-state index contributed by atoms with van der Waals surface area (Å²) >= 11 is 0. The van der Waals surface area contributed by atoms with Crippen LogP contribution in [-0.4, -0.2) is 44.3 Å². The molecule has 6 nitrogen and oxygen atoms in total. The van der Waals surface area contributed by atoms with E-state index in [4.69, 9.17) is 0 Å². The number of aromatic carboxylic acids is 1. The summed E-state index contributed by atoms with van der Waals surface area (Å²) in [5, 5.41) is 13.7. The number of benzene rings is 1. The van der Waals surface area contributed by atoms with Crippen molar-refractivity contribution in [1.82, 2.24) is 19.7 Å². The molecule has 1 aliphatic rings. The van der Waals surface area contributed by atoms with Crippen molar-refractivity contribution in [3.05, 3.63) is 41.5 Å². The lowest BCUT2D eigenvalue weighted by Gasteiger charge is -2.25. The van der Waals surface area contributed by atoms with Gasteiger partial charge in [-0.15, -0.1) is 0 Å². The van der Waals surface area contributed by atoms with Crippen LogP contribution in [0.4, 0.5) is 0 Å². The van der Waals surface area contributed by atoms with Gasteiger partial charge in [0.05, 0.1) is 17.3 Å². The molecule has 2 heterocycles. The highest BCUT2D eigenvalue weighted by molar-refractivity contribution is 5.88. The fraction of sp³-hybridized carbons (Fsp3) is 0.471. The average molecular weight is 314 g/mol. The average Bonchev–Trinajstić information content (AvgIpc) is 2.79.